The average Bonchev–Trinajstić information content (AvgIpc) is 1.64. The van der Waals surface area contributed by atoms with Gasteiger partial charge in [-0.25, -0.2) is 4.99 Å². The van der Waals surface area contributed by atoms with Gasteiger partial charge in [-0.15, -0.1) is 0 Å². The van der Waals surface area contributed by atoms with Crippen LogP contribution in [0.15, 0.2) is 4.99 Å². The Morgan fingerprint density at radius 2 is 2.38 bits per heavy atom. The quantitative estimate of drug-likeness (QED) is 0.375. The minimum atomic E-state index is 0.442. The number of likely N-dealkylation sites (N-methyl/N-ethyl adjacent to an activating group) is 1. The largest absolute Gasteiger partial charge is 0.302 e. The fourth-order valence-corrected chi connectivity index (χ4v) is 0.971. The number of isothiocyanates is 1. The smallest absolute Gasteiger partial charge is 0.0855 e. The van der Waals surface area contributed by atoms with Crippen molar-refractivity contribution in [3.63, 3.8) is 0 Å². The van der Waals surface area contributed by atoms with Crippen LogP contribution in [0, 0.1) is 0 Å². The lowest BCUT2D eigenvalue weighted by Crippen LogP contribution is -2.46. The lowest BCUT2D eigenvalue weighted by molar-refractivity contribution is 0.194. The van der Waals surface area contributed by atoms with Crippen molar-refractivity contribution in [2.45, 2.75) is 6.04 Å². The minimum Gasteiger partial charge on any atom is -0.302 e. The highest BCUT2D eigenvalue weighted by Crippen LogP contribution is 2.06. The summed E-state index contributed by atoms with van der Waals surface area (Å²) in [5.41, 5.74) is 0. The summed E-state index contributed by atoms with van der Waals surface area (Å²) in [6.07, 6.45) is 0. The van der Waals surface area contributed by atoms with Gasteiger partial charge in [0.25, 0.3) is 0 Å². The van der Waals surface area contributed by atoms with Crippen LogP contribution >= 0.6 is 12.2 Å². The van der Waals surface area contributed by atoms with Gasteiger partial charge in [-0.1, -0.05) is 0 Å². The Labute approximate surface area is 54.2 Å². The summed E-state index contributed by atoms with van der Waals surface area (Å²) in [7, 11) is 2.06. The molecule has 0 N–H and O–H groups in total. The Bertz CT molecular complexity index is 122. The maximum Gasteiger partial charge on any atom is 0.0855 e. The molecule has 0 spiro atoms. The standard InChI is InChI=1S/C5H8N2S/c1-7-2-5(3-7)6-4-8/h5H,2-3H2,1H3. The van der Waals surface area contributed by atoms with E-state index >= 15 is 0 Å². The zero-order chi connectivity index (χ0) is 5.98. The van der Waals surface area contributed by atoms with E-state index in [1.165, 1.54) is 0 Å². The molecule has 1 rings (SSSR count). The van der Waals surface area contributed by atoms with E-state index in [1.807, 2.05) is 0 Å². The summed E-state index contributed by atoms with van der Waals surface area (Å²) >= 11 is 4.43. The highest BCUT2D eigenvalue weighted by atomic mass is 32.1. The van der Waals surface area contributed by atoms with Crippen molar-refractivity contribution < 1.29 is 0 Å². The van der Waals surface area contributed by atoms with Gasteiger partial charge in [0.2, 0.25) is 0 Å². The summed E-state index contributed by atoms with van der Waals surface area (Å²) < 4.78 is 0. The maximum atomic E-state index is 4.43. The van der Waals surface area contributed by atoms with Crippen LogP contribution in [0.2, 0.25) is 0 Å². The molecule has 0 aromatic heterocycles. The molecular formula is C5H8N2S. The molecule has 0 unspecified atom stereocenters. The fraction of sp³-hybridized carbons (Fsp3) is 0.800. The molecule has 1 saturated heterocycles. The van der Waals surface area contributed by atoms with Crippen LogP contribution in [0.5, 0.6) is 0 Å². The van der Waals surface area contributed by atoms with Crippen molar-refractivity contribution in [2.24, 2.45) is 4.99 Å². The monoisotopic (exact) mass is 128 g/mol. The van der Waals surface area contributed by atoms with Gasteiger partial charge in [-0.2, -0.15) is 0 Å². The highest BCUT2D eigenvalue weighted by Gasteiger charge is 2.21. The van der Waals surface area contributed by atoms with E-state index in [0.717, 1.165) is 13.1 Å². The topological polar surface area (TPSA) is 15.6 Å². The number of likely N-dealkylation sites (tertiary alicyclic amines) is 1. The molecule has 0 atom stereocenters. The van der Waals surface area contributed by atoms with Gasteiger partial charge in [0.1, 0.15) is 0 Å². The third-order valence-electron chi connectivity index (χ3n) is 1.28. The Kier molecular flexibility index (Phi) is 1.73. The average molecular weight is 128 g/mol. The number of aliphatic imine (C=N–C) groups is 1. The zero-order valence-electron chi connectivity index (χ0n) is 4.79. The molecule has 2 nitrogen and oxygen atoms in total. The van der Waals surface area contributed by atoms with E-state index in [0.29, 0.717) is 6.04 Å². The van der Waals surface area contributed by atoms with Crippen LogP contribution in [0.1, 0.15) is 0 Å². The molecule has 8 heavy (non-hydrogen) atoms. The van der Waals surface area contributed by atoms with Gasteiger partial charge in [0.05, 0.1) is 11.2 Å². The predicted octanol–water partition coefficient (Wildman–Crippen LogP) is 0.403. The van der Waals surface area contributed by atoms with Crippen LogP contribution in [0.4, 0.5) is 0 Å². The van der Waals surface area contributed by atoms with Crippen LogP contribution in [-0.4, -0.2) is 36.2 Å². The number of hydrogen-bond acceptors (Lipinski definition) is 3. The molecule has 1 heterocycles. The van der Waals surface area contributed by atoms with E-state index in [-0.39, 0.29) is 0 Å². The van der Waals surface area contributed by atoms with Crippen molar-refractivity contribution in [3.8, 4) is 0 Å². The van der Waals surface area contributed by atoms with Crippen molar-refractivity contribution in [1.82, 2.24) is 4.90 Å². The number of nitrogens with zero attached hydrogens (tertiary/aromatic N) is 2. The van der Waals surface area contributed by atoms with Crippen molar-refractivity contribution in [3.05, 3.63) is 0 Å². The highest BCUT2D eigenvalue weighted by molar-refractivity contribution is 7.78. The third kappa shape index (κ3) is 1.13. The first-order valence-electron chi connectivity index (χ1n) is 2.58. The molecule has 0 saturated carbocycles. The first-order chi connectivity index (χ1) is 3.83. The Balaban J connectivity index is 2.25. The van der Waals surface area contributed by atoms with Crippen molar-refractivity contribution in [1.29, 1.82) is 0 Å². The van der Waals surface area contributed by atoms with Crippen LogP contribution in [-0.2, 0) is 0 Å². The molecule has 0 aromatic carbocycles. The molecule has 1 aliphatic heterocycles. The molecule has 44 valence electrons. The molecule has 0 bridgehead atoms. The van der Waals surface area contributed by atoms with Gasteiger partial charge in [0, 0.05) is 13.1 Å². The number of thiocarbonyl (C=S) groups is 1. The number of hydrogen-bond donors (Lipinski definition) is 0. The zero-order valence-corrected chi connectivity index (χ0v) is 5.61. The molecule has 0 amide bonds. The second-order valence-corrected chi connectivity index (χ2v) is 2.28. The Morgan fingerprint density at radius 3 is 2.75 bits per heavy atom. The molecule has 0 aliphatic carbocycles. The van der Waals surface area contributed by atoms with Gasteiger partial charge < -0.3 is 4.90 Å². The normalized spacial score (nSPS) is 21.6. The van der Waals surface area contributed by atoms with Crippen molar-refractivity contribution >= 4 is 17.4 Å². The molecular weight excluding hydrogens is 120 g/mol. The molecule has 3 heteroatoms. The Morgan fingerprint density at radius 1 is 1.75 bits per heavy atom. The summed E-state index contributed by atoms with van der Waals surface area (Å²) in [5.74, 6) is 0. The Hall–Kier alpha value is -0.240. The SMILES string of the molecule is CN1CC(N=C=S)C1. The minimum absolute atomic E-state index is 0.442. The van der Waals surface area contributed by atoms with E-state index in [2.05, 4.69) is 34.3 Å². The van der Waals surface area contributed by atoms with Crippen LogP contribution in [0.3, 0.4) is 0 Å². The maximum absolute atomic E-state index is 4.43. The summed E-state index contributed by atoms with van der Waals surface area (Å²) in [5, 5.41) is 2.37. The van der Waals surface area contributed by atoms with E-state index < -0.39 is 0 Å². The summed E-state index contributed by atoms with van der Waals surface area (Å²) in [6, 6.07) is 0.442. The third-order valence-corrected chi connectivity index (χ3v) is 1.39. The second kappa shape index (κ2) is 2.35. The molecule has 0 radical (unpaired) electrons. The molecule has 1 fully saturated rings. The molecule has 1 aliphatic rings. The predicted molar refractivity (Wildman–Crippen MR) is 36.3 cm³/mol. The summed E-state index contributed by atoms with van der Waals surface area (Å²) in [4.78, 5) is 6.10. The first-order valence-corrected chi connectivity index (χ1v) is 2.99. The van der Waals surface area contributed by atoms with Gasteiger partial charge in [-0.05, 0) is 19.3 Å². The fourth-order valence-electron chi connectivity index (χ4n) is 0.822. The van der Waals surface area contributed by atoms with Gasteiger partial charge in [-0.3, -0.25) is 0 Å². The van der Waals surface area contributed by atoms with E-state index in [4.69, 9.17) is 0 Å². The van der Waals surface area contributed by atoms with E-state index in [1.54, 1.807) is 0 Å². The van der Waals surface area contributed by atoms with Gasteiger partial charge in [0.15, 0.2) is 0 Å². The van der Waals surface area contributed by atoms with Gasteiger partial charge >= 0.3 is 0 Å². The lowest BCUT2D eigenvalue weighted by atomic mass is 10.1. The van der Waals surface area contributed by atoms with E-state index in [9.17, 15) is 0 Å². The second-order valence-electron chi connectivity index (χ2n) is 2.10. The first kappa shape index (κ1) is 5.89. The lowest BCUT2D eigenvalue weighted by Gasteiger charge is -2.31. The van der Waals surface area contributed by atoms with Crippen molar-refractivity contribution in [2.75, 3.05) is 20.1 Å². The summed E-state index contributed by atoms with van der Waals surface area (Å²) in [6.45, 7) is 2.09. The molecule has 0 aromatic rings. The number of rotatable bonds is 1. The van der Waals surface area contributed by atoms with Crippen LogP contribution < -0.4 is 0 Å². The van der Waals surface area contributed by atoms with Crippen LogP contribution in [0.25, 0.3) is 0 Å².